The van der Waals surface area contributed by atoms with E-state index < -0.39 is 38.4 Å². The number of halogens is 2. The van der Waals surface area contributed by atoms with Crippen molar-refractivity contribution in [2.24, 2.45) is 0 Å². The minimum atomic E-state index is -3.82. The molecule has 0 radical (unpaired) electrons. The topological polar surface area (TPSA) is 60.4 Å². The molecule has 0 N–H and O–H groups in total. The fourth-order valence-electron chi connectivity index (χ4n) is 2.61. The molecule has 1 unspecified atom stereocenters. The van der Waals surface area contributed by atoms with Crippen LogP contribution in [0.4, 0.5) is 8.78 Å². The minimum absolute atomic E-state index is 0.111. The van der Waals surface area contributed by atoms with Crippen LogP contribution in [0.5, 0.6) is 0 Å². The van der Waals surface area contributed by atoms with Gasteiger partial charge in [0, 0.05) is 11.6 Å². The number of hydrogen-bond donors (Lipinski definition) is 0. The van der Waals surface area contributed by atoms with Crippen LogP contribution in [0, 0.1) is 11.6 Å². The van der Waals surface area contributed by atoms with E-state index in [2.05, 4.69) is 0 Å². The minimum Gasteiger partial charge on any atom is -0.463 e. The molecule has 0 heterocycles. The van der Waals surface area contributed by atoms with Gasteiger partial charge >= 0.3 is 5.97 Å². The first kappa shape index (κ1) is 17.6. The van der Waals surface area contributed by atoms with Gasteiger partial charge in [0.25, 0.3) is 0 Å². The maximum Gasteiger partial charge on any atom is 0.335 e. The molecule has 0 aliphatic heterocycles. The first-order valence-electron chi connectivity index (χ1n) is 7.38. The number of sulfone groups is 1. The van der Waals surface area contributed by atoms with Gasteiger partial charge in [0.05, 0.1) is 23.2 Å². The summed E-state index contributed by atoms with van der Waals surface area (Å²) in [4.78, 5) is 11.9. The highest BCUT2D eigenvalue weighted by Crippen LogP contribution is 2.28. The van der Waals surface area contributed by atoms with E-state index >= 15 is 0 Å². The molecule has 23 heavy (non-hydrogen) atoms. The van der Waals surface area contributed by atoms with Gasteiger partial charge in [-0.25, -0.2) is 22.0 Å². The summed E-state index contributed by atoms with van der Waals surface area (Å²) in [6.07, 6.45) is 3.09. The van der Waals surface area contributed by atoms with Crippen molar-refractivity contribution in [3.63, 3.8) is 0 Å². The molecule has 1 atom stereocenters. The molecule has 1 aromatic carbocycles. The predicted octanol–water partition coefficient (Wildman–Crippen LogP) is 2.92. The third kappa shape index (κ3) is 4.16. The molecule has 7 heteroatoms. The number of benzene rings is 1. The van der Waals surface area contributed by atoms with E-state index in [4.69, 9.17) is 4.74 Å². The monoisotopic (exact) mass is 344 g/mol. The van der Waals surface area contributed by atoms with Gasteiger partial charge < -0.3 is 4.74 Å². The summed E-state index contributed by atoms with van der Waals surface area (Å²) in [6.45, 7) is 1.79. The van der Waals surface area contributed by atoms with Crippen LogP contribution in [0.25, 0.3) is 0 Å². The van der Waals surface area contributed by atoms with Crippen LogP contribution < -0.4 is 0 Å². The van der Waals surface area contributed by atoms with Crippen molar-refractivity contribution in [2.45, 2.75) is 37.2 Å². The Bertz CT molecular complexity index is 726. The third-order valence-electron chi connectivity index (χ3n) is 3.70. The Morgan fingerprint density at radius 1 is 1.35 bits per heavy atom. The fourth-order valence-corrected chi connectivity index (χ4v) is 4.58. The van der Waals surface area contributed by atoms with E-state index in [1.54, 1.807) is 13.0 Å². The maximum absolute atomic E-state index is 13.7. The molecule has 0 aromatic heterocycles. The first-order chi connectivity index (χ1) is 10.8. The van der Waals surface area contributed by atoms with Crippen LogP contribution in [0.2, 0.25) is 0 Å². The Morgan fingerprint density at radius 3 is 2.74 bits per heavy atom. The van der Waals surface area contributed by atoms with Crippen molar-refractivity contribution < 1.29 is 26.7 Å². The molecule has 0 bridgehead atoms. The third-order valence-corrected chi connectivity index (χ3v) is 5.77. The highest BCUT2D eigenvalue weighted by molar-refractivity contribution is 7.91. The molecule has 1 aliphatic carbocycles. The Hall–Kier alpha value is -1.76. The molecule has 0 spiro atoms. The van der Waals surface area contributed by atoms with E-state index in [0.717, 1.165) is 12.1 Å². The second-order valence-electron chi connectivity index (χ2n) is 5.34. The maximum atomic E-state index is 13.7. The largest absolute Gasteiger partial charge is 0.463 e. The molecule has 4 nitrogen and oxygen atoms in total. The zero-order chi connectivity index (χ0) is 17.0. The number of carbonyl (C=O) groups is 1. The van der Waals surface area contributed by atoms with Crippen molar-refractivity contribution in [3.05, 3.63) is 47.0 Å². The molecule has 0 fully saturated rings. The molecule has 0 amide bonds. The van der Waals surface area contributed by atoms with E-state index in [1.807, 2.05) is 0 Å². The van der Waals surface area contributed by atoms with Gasteiger partial charge in [-0.15, -0.1) is 0 Å². The fraction of sp³-hybridized carbons (Fsp3) is 0.438. The number of ether oxygens (including phenoxy) is 1. The highest BCUT2D eigenvalue weighted by Gasteiger charge is 2.35. The van der Waals surface area contributed by atoms with Crippen LogP contribution in [0.15, 0.2) is 29.8 Å². The lowest BCUT2D eigenvalue weighted by Gasteiger charge is -2.23. The summed E-state index contributed by atoms with van der Waals surface area (Å²) < 4.78 is 56.7. The lowest BCUT2D eigenvalue weighted by molar-refractivity contribution is -0.138. The standard InChI is InChI=1S/C16H18F2O4S/c1-2-22-16(19)13-5-3-4-6-15(13)23(20,21)10-11-7-8-12(17)9-14(11)18/h5,7-9,15H,2-4,6,10H2,1H3. The van der Waals surface area contributed by atoms with Crippen molar-refractivity contribution in [2.75, 3.05) is 6.61 Å². The average Bonchev–Trinajstić information content (AvgIpc) is 2.50. The van der Waals surface area contributed by atoms with Crippen LogP contribution in [-0.4, -0.2) is 26.2 Å². The Kier molecular flexibility index (Phi) is 5.51. The number of esters is 1. The summed E-state index contributed by atoms with van der Waals surface area (Å²) in [7, 11) is -3.82. The SMILES string of the molecule is CCOC(=O)C1=CCCCC1S(=O)(=O)Cc1ccc(F)cc1F. The quantitative estimate of drug-likeness (QED) is 0.771. The van der Waals surface area contributed by atoms with E-state index in [-0.39, 0.29) is 24.2 Å². The molecule has 0 saturated carbocycles. The van der Waals surface area contributed by atoms with E-state index in [0.29, 0.717) is 18.9 Å². The Balaban J connectivity index is 2.28. The highest BCUT2D eigenvalue weighted by atomic mass is 32.2. The summed E-state index contributed by atoms with van der Waals surface area (Å²) in [5, 5.41) is -1.01. The molecule has 2 rings (SSSR count). The number of allylic oxidation sites excluding steroid dienone is 1. The van der Waals surface area contributed by atoms with Gasteiger partial charge in [-0.1, -0.05) is 12.1 Å². The molecule has 1 aliphatic rings. The van der Waals surface area contributed by atoms with E-state index in [9.17, 15) is 22.0 Å². The molecule has 1 aromatic rings. The van der Waals surface area contributed by atoms with Crippen LogP contribution in [-0.2, 0) is 25.1 Å². The van der Waals surface area contributed by atoms with Crippen molar-refractivity contribution in [3.8, 4) is 0 Å². The smallest absolute Gasteiger partial charge is 0.335 e. The van der Waals surface area contributed by atoms with Crippen molar-refractivity contribution >= 4 is 15.8 Å². The van der Waals surface area contributed by atoms with Crippen LogP contribution in [0.1, 0.15) is 31.7 Å². The van der Waals surface area contributed by atoms with Crippen molar-refractivity contribution in [1.29, 1.82) is 0 Å². The van der Waals surface area contributed by atoms with Gasteiger partial charge in [0.15, 0.2) is 9.84 Å². The van der Waals surface area contributed by atoms with Crippen molar-refractivity contribution in [1.82, 2.24) is 0 Å². The zero-order valence-corrected chi connectivity index (χ0v) is 13.5. The Labute approximate surface area is 134 Å². The van der Waals surface area contributed by atoms with Crippen LogP contribution >= 0.6 is 0 Å². The van der Waals surface area contributed by atoms with Gasteiger partial charge in [-0.05, 0) is 32.3 Å². The molecular weight excluding hydrogens is 326 g/mol. The second-order valence-corrected chi connectivity index (χ2v) is 7.53. The predicted molar refractivity (Wildman–Crippen MR) is 81.3 cm³/mol. The zero-order valence-electron chi connectivity index (χ0n) is 12.7. The molecule has 126 valence electrons. The number of rotatable bonds is 5. The number of carbonyl (C=O) groups excluding carboxylic acids is 1. The van der Waals surface area contributed by atoms with Crippen LogP contribution in [0.3, 0.4) is 0 Å². The molecular formula is C16H18F2O4S. The van der Waals surface area contributed by atoms with E-state index in [1.165, 1.54) is 0 Å². The lowest BCUT2D eigenvalue weighted by atomic mass is 9.99. The Morgan fingerprint density at radius 2 is 2.09 bits per heavy atom. The van der Waals surface area contributed by atoms with Gasteiger partial charge in [0.1, 0.15) is 11.6 Å². The summed E-state index contributed by atoms with van der Waals surface area (Å²) in [6, 6.07) is 2.77. The average molecular weight is 344 g/mol. The lowest BCUT2D eigenvalue weighted by Crippen LogP contribution is -2.31. The summed E-state index contributed by atoms with van der Waals surface area (Å²) in [5.74, 6) is -2.92. The summed E-state index contributed by atoms with van der Waals surface area (Å²) >= 11 is 0. The van der Waals surface area contributed by atoms with Gasteiger partial charge in [-0.3, -0.25) is 0 Å². The summed E-state index contributed by atoms with van der Waals surface area (Å²) in [5.41, 5.74) is 0.000743. The second kappa shape index (κ2) is 7.21. The van der Waals surface area contributed by atoms with Gasteiger partial charge in [0.2, 0.25) is 0 Å². The van der Waals surface area contributed by atoms with Gasteiger partial charge in [-0.2, -0.15) is 0 Å². The molecule has 0 saturated heterocycles. The first-order valence-corrected chi connectivity index (χ1v) is 9.09. The normalized spacial score (nSPS) is 18.4. The number of hydrogen-bond acceptors (Lipinski definition) is 4.